The van der Waals surface area contributed by atoms with Crippen molar-refractivity contribution in [3.63, 3.8) is 0 Å². The topological polar surface area (TPSA) is 181 Å². The number of H-pyrrole nitrogens is 1. The number of ether oxygens (including phenoxy) is 2. The molecule has 1 aromatic heterocycles. The highest BCUT2D eigenvalue weighted by Crippen LogP contribution is 2.29. The Kier molecular flexibility index (Phi) is 12.3. The van der Waals surface area contributed by atoms with Crippen molar-refractivity contribution in [1.82, 2.24) is 36.2 Å². The van der Waals surface area contributed by atoms with E-state index in [1.165, 1.54) is 0 Å². The number of aromatic nitrogens is 4. The Balaban J connectivity index is 1.11. The Labute approximate surface area is 314 Å². The third-order valence-electron chi connectivity index (χ3n) is 9.68. The third kappa shape index (κ3) is 10.5. The molecule has 0 radical (unpaired) electrons. The second kappa shape index (κ2) is 17.5. The number of nitrogens with zero attached hydrogens (tertiary/aromatic N) is 4. The van der Waals surface area contributed by atoms with E-state index in [1.807, 2.05) is 74.2 Å². The number of rotatable bonds is 11. The minimum atomic E-state index is -0.846. The van der Waals surface area contributed by atoms with Gasteiger partial charge in [-0.15, -0.1) is 10.2 Å². The number of carbonyl (C=O) groups excluding carboxylic acids is 4. The molecule has 0 unspecified atom stereocenters. The van der Waals surface area contributed by atoms with Crippen molar-refractivity contribution in [3.8, 4) is 22.5 Å². The van der Waals surface area contributed by atoms with Gasteiger partial charge in [-0.2, -0.15) is 5.21 Å². The Morgan fingerprint density at radius 3 is 2.28 bits per heavy atom. The third-order valence-corrected chi connectivity index (χ3v) is 9.68. The number of anilines is 1. The van der Waals surface area contributed by atoms with Gasteiger partial charge < -0.3 is 30.3 Å². The molecule has 284 valence electrons. The van der Waals surface area contributed by atoms with Crippen LogP contribution in [0.2, 0.25) is 0 Å². The number of hydrogen-bond acceptors (Lipinski definition) is 9. The lowest BCUT2D eigenvalue weighted by atomic mass is 9.81. The molecule has 3 aromatic carbocycles. The molecular formula is C40H48N8O6. The van der Waals surface area contributed by atoms with E-state index in [0.717, 1.165) is 35.1 Å². The van der Waals surface area contributed by atoms with Crippen LogP contribution in [0.1, 0.15) is 62.4 Å². The van der Waals surface area contributed by atoms with Crippen molar-refractivity contribution < 1.29 is 28.7 Å². The van der Waals surface area contributed by atoms with Crippen molar-refractivity contribution >= 4 is 29.5 Å². The molecule has 14 heteroatoms. The molecule has 2 aliphatic rings. The van der Waals surface area contributed by atoms with Crippen LogP contribution >= 0.6 is 0 Å². The number of carbonyl (C=O) groups is 4. The van der Waals surface area contributed by atoms with Crippen LogP contribution in [0.4, 0.5) is 10.5 Å². The molecule has 54 heavy (non-hydrogen) atoms. The Hall–Kier alpha value is -5.63. The van der Waals surface area contributed by atoms with Gasteiger partial charge in [0, 0.05) is 48.8 Å². The van der Waals surface area contributed by atoms with E-state index in [1.54, 1.807) is 24.3 Å². The summed E-state index contributed by atoms with van der Waals surface area (Å²) in [7, 11) is 0. The smallest absolute Gasteiger partial charge is 0.407 e. The minimum absolute atomic E-state index is 0.0169. The molecule has 2 heterocycles. The zero-order valence-electron chi connectivity index (χ0n) is 31.0. The van der Waals surface area contributed by atoms with Crippen LogP contribution < -0.4 is 16.0 Å². The first-order valence-corrected chi connectivity index (χ1v) is 18.5. The Morgan fingerprint density at radius 2 is 1.61 bits per heavy atom. The van der Waals surface area contributed by atoms with Gasteiger partial charge in [-0.25, -0.2) is 4.79 Å². The highest BCUT2D eigenvalue weighted by Gasteiger charge is 2.30. The van der Waals surface area contributed by atoms with Gasteiger partial charge in [0.15, 0.2) is 0 Å². The maximum atomic E-state index is 13.8. The summed E-state index contributed by atoms with van der Waals surface area (Å²) in [6.07, 6.45) is 2.68. The number of nitrogens with one attached hydrogen (secondary N) is 4. The molecule has 1 aliphatic heterocycles. The zero-order chi connectivity index (χ0) is 38.1. The Morgan fingerprint density at radius 1 is 0.907 bits per heavy atom. The van der Waals surface area contributed by atoms with Crippen molar-refractivity contribution in [3.05, 3.63) is 83.9 Å². The number of morpholine rings is 1. The van der Waals surface area contributed by atoms with Gasteiger partial charge in [-0.1, -0.05) is 36.4 Å². The van der Waals surface area contributed by atoms with E-state index < -0.39 is 17.7 Å². The summed E-state index contributed by atoms with van der Waals surface area (Å²) in [6.45, 7) is 8.18. The van der Waals surface area contributed by atoms with Crippen LogP contribution in [0.15, 0.2) is 72.8 Å². The van der Waals surface area contributed by atoms with E-state index in [-0.39, 0.29) is 36.0 Å². The number of tetrazole rings is 1. The van der Waals surface area contributed by atoms with Gasteiger partial charge in [0.25, 0.3) is 5.91 Å². The molecule has 4 aromatic rings. The monoisotopic (exact) mass is 736 g/mol. The lowest BCUT2D eigenvalue weighted by Crippen LogP contribution is -2.48. The molecular weight excluding hydrogens is 688 g/mol. The maximum absolute atomic E-state index is 13.8. The summed E-state index contributed by atoms with van der Waals surface area (Å²) >= 11 is 0. The van der Waals surface area contributed by atoms with Gasteiger partial charge in [0.1, 0.15) is 11.6 Å². The van der Waals surface area contributed by atoms with Crippen molar-refractivity contribution in [2.45, 2.75) is 64.5 Å². The number of amides is 4. The van der Waals surface area contributed by atoms with Crippen LogP contribution in [0.5, 0.6) is 0 Å². The van der Waals surface area contributed by atoms with Crippen molar-refractivity contribution in [2.24, 2.45) is 11.8 Å². The highest BCUT2D eigenvalue weighted by molar-refractivity contribution is 5.98. The average molecular weight is 737 g/mol. The standard InChI is InChI=1S/C40H48N8O6/c1-40(2,3)54-39(52)41-25-27-9-13-30(14-10-27)36(49)43-34(37(50)42-33-17-15-29(16-18-33)35-44-46-47-45-35)23-26-7-11-28(12-8-26)31-5-4-6-32(24-31)38(51)48-19-21-53-22-20-48/h4-8,11-12,15-18,24,27,30,34H,9-10,13-14,19-23,25H2,1-3H3,(H,41,52)(H,42,50)(H,43,49)(H,44,45,46,47)/t27?,30?,34-/m0/s1. The molecule has 1 atom stereocenters. The predicted molar refractivity (Wildman–Crippen MR) is 202 cm³/mol. The predicted octanol–water partition coefficient (Wildman–Crippen LogP) is 5.00. The Bertz CT molecular complexity index is 1880. The quantitative estimate of drug-likeness (QED) is 0.165. The number of hydrogen-bond donors (Lipinski definition) is 4. The van der Waals surface area contributed by atoms with Crippen molar-refractivity contribution in [2.75, 3.05) is 38.2 Å². The molecule has 1 saturated heterocycles. The number of benzene rings is 3. The summed E-state index contributed by atoms with van der Waals surface area (Å²) in [5.74, 6) is -0.0947. The first-order chi connectivity index (χ1) is 26.0. The lowest BCUT2D eigenvalue weighted by Gasteiger charge is -2.29. The molecule has 6 rings (SSSR count). The fourth-order valence-electron chi connectivity index (χ4n) is 6.74. The second-order valence-electron chi connectivity index (χ2n) is 14.9. The summed E-state index contributed by atoms with van der Waals surface area (Å²) < 4.78 is 10.7. The molecule has 4 N–H and O–H groups in total. The van der Waals surface area contributed by atoms with Gasteiger partial charge in [0.2, 0.25) is 17.6 Å². The fourth-order valence-corrected chi connectivity index (χ4v) is 6.74. The molecule has 14 nitrogen and oxygen atoms in total. The first-order valence-electron chi connectivity index (χ1n) is 18.5. The largest absolute Gasteiger partial charge is 0.444 e. The van der Waals surface area contributed by atoms with Crippen LogP contribution in [0.3, 0.4) is 0 Å². The van der Waals surface area contributed by atoms with Gasteiger partial charge >= 0.3 is 6.09 Å². The second-order valence-corrected chi connectivity index (χ2v) is 14.9. The molecule has 0 bridgehead atoms. The first kappa shape index (κ1) is 38.1. The lowest BCUT2D eigenvalue weighted by molar-refractivity contribution is -0.130. The molecule has 4 amide bonds. The summed E-state index contributed by atoms with van der Waals surface area (Å²) in [5.41, 5.74) is 4.05. The minimum Gasteiger partial charge on any atom is -0.444 e. The van der Waals surface area contributed by atoms with Crippen LogP contribution in [-0.4, -0.2) is 93.8 Å². The van der Waals surface area contributed by atoms with Gasteiger partial charge in [-0.05, 0) is 111 Å². The molecule has 0 spiro atoms. The number of alkyl carbamates (subject to hydrolysis) is 1. The SMILES string of the molecule is CC(C)(C)OC(=O)NCC1CCC(C(=O)N[C@@H](Cc2ccc(-c3cccc(C(=O)N4CCOCC4)c3)cc2)C(=O)Nc2ccc(-c3nn[nH]n3)cc2)CC1. The fraction of sp³-hybridized carbons (Fsp3) is 0.425. The summed E-state index contributed by atoms with van der Waals surface area (Å²) in [4.78, 5) is 54.5. The van der Waals surface area contributed by atoms with E-state index in [4.69, 9.17) is 9.47 Å². The molecule has 2 fully saturated rings. The highest BCUT2D eigenvalue weighted by atomic mass is 16.6. The van der Waals surface area contributed by atoms with Crippen LogP contribution in [0.25, 0.3) is 22.5 Å². The van der Waals surface area contributed by atoms with E-state index in [0.29, 0.717) is 62.8 Å². The molecule has 1 saturated carbocycles. The maximum Gasteiger partial charge on any atom is 0.407 e. The van der Waals surface area contributed by atoms with Gasteiger partial charge in [-0.3, -0.25) is 14.4 Å². The molecule has 1 aliphatic carbocycles. The summed E-state index contributed by atoms with van der Waals surface area (Å²) in [6, 6.07) is 21.6. The van der Waals surface area contributed by atoms with E-state index in [9.17, 15) is 19.2 Å². The van der Waals surface area contributed by atoms with Crippen LogP contribution in [-0.2, 0) is 25.5 Å². The zero-order valence-corrected chi connectivity index (χ0v) is 31.0. The average Bonchev–Trinajstić information content (AvgIpc) is 3.72. The van der Waals surface area contributed by atoms with Crippen molar-refractivity contribution in [1.29, 1.82) is 0 Å². The van der Waals surface area contributed by atoms with E-state index >= 15 is 0 Å². The number of aromatic amines is 1. The van der Waals surface area contributed by atoms with Gasteiger partial charge in [0.05, 0.1) is 13.2 Å². The summed E-state index contributed by atoms with van der Waals surface area (Å²) in [5, 5.41) is 22.9. The van der Waals surface area contributed by atoms with Crippen LogP contribution in [0, 0.1) is 11.8 Å². The normalized spacial score (nSPS) is 17.9. The van der Waals surface area contributed by atoms with E-state index in [2.05, 4.69) is 36.6 Å².